The Morgan fingerprint density at radius 1 is 0.562 bits per heavy atom. The molecular weight excluding hydrogens is 788 g/mol. The smallest absolute Gasteiger partial charge is 0.137 e. The number of fused-ring (bicyclic) bond motifs is 4. The van der Waals surface area contributed by atoms with Crippen LogP contribution in [0.25, 0.3) is 49.9 Å². The number of hydrogen-bond donors (Lipinski definition) is 0. The Morgan fingerprint density at radius 3 is 1.94 bits per heavy atom. The minimum absolute atomic E-state index is 0.0318. The highest BCUT2D eigenvalue weighted by molar-refractivity contribution is 6.09. The van der Waals surface area contributed by atoms with E-state index in [1.165, 1.54) is 39.8 Å². The van der Waals surface area contributed by atoms with Gasteiger partial charge >= 0.3 is 0 Å². The van der Waals surface area contributed by atoms with Crippen LogP contribution >= 0.6 is 0 Å². The summed E-state index contributed by atoms with van der Waals surface area (Å²) < 4.78 is 23.5. The highest BCUT2D eigenvalue weighted by atomic mass is 19.1. The van der Waals surface area contributed by atoms with Crippen molar-refractivity contribution in [3.8, 4) is 39.6 Å². The molecule has 0 aliphatic carbocycles. The van der Waals surface area contributed by atoms with Gasteiger partial charge in [0.1, 0.15) is 29.8 Å². The molecule has 0 N–H and O–H groups in total. The zero-order chi connectivity index (χ0) is 44.3. The summed E-state index contributed by atoms with van der Waals surface area (Å²) in [4.78, 5) is 9.67. The van der Waals surface area contributed by atoms with Gasteiger partial charge in [-0.25, -0.2) is 9.37 Å². The fraction of sp³-hybridized carbons (Fsp3) is 0.190. The van der Waals surface area contributed by atoms with E-state index in [4.69, 9.17) is 9.72 Å². The predicted octanol–water partition coefficient (Wildman–Crippen LogP) is 16.2. The molecule has 7 aromatic carbocycles. The monoisotopic (exact) mass is 840 g/mol. The van der Waals surface area contributed by atoms with Crippen LogP contribution in [0.1, 0.15) is 77.0 Å². The number of ether oxygens (including phenoxy) is 1. The van der Waals surface area contributed by atoms with E-state index in [1.807, 2.05) is 24.4 Å². The lowest BCUT2D eigenvalue weighted by atomic mass is 9.85. The molecule has 1 aliphatic heterocycles. The summed E-state index contributed by atoms with van der Waals surface area (Å²) in [6.45, 7) is 16.4. The fourth-order valence-corrected chi connectivity index (χ4v) is 9.45. The molecule has 9 aromatic rings. The molecule has 0 saturated heterocycles. The number of halogens is 1. The SMILES string of the molecule is CC(C)c1cccc(C(C)C)c1-c1cc(Oc2ccc3c4ccccc4n(-c4cc(C(C)(C)C)ccn4)c3c2)cc(N2CN(c3ccccc3-c3ccc(F)cc3)c3ccccc32)c1. The van der Waals surface area contributed by atoms with Gasteiger partial charge < -0.3 is 14.5 Å². The number of hydrogen-bond acceptors (Lipinski definition) is 4. The van der Waals surface area contributed by atoms with Crippen LogP contribution in [-0.2, 0) is 5.41 Å². The molecular formula is C58H53FN4O. The molecule has 2 aromatic heterocycles. The highest BCUT2D eigenvalue weighted by Crippen LogP contribution is 2.49. The summed E-state index contributed by atoms with van der Waals surface area (Å²) in [5.41, 5.74) is 14.6. The molecule has 3 heterocycles. The molecule has 0 bridgehead atoms. The Labute approximate surface area is 376 Å². The van der Waals surface area contributed by atoms with Crippen LogP contribution in [0.5, 0.6) is 11.5 Å². The summed E-state index contributed by atoms with van der Waals surface area (Å²) in [5.74, 6) is 2.74. The lowest BCUT2D eigenvalue weighted by Crippen LogP contribution is -2.24. The molecule has 0 radical (unpaired) electrons. The van der Waals surface area contributed by atoms with Crippen molar-refractivity contribution in [3.05, 3.63) is 192 Å². The predicted molar refractivity (Wildman–Crippen MR) is 265 cm³/mol. The van der Waals surface area contributed by atoms with Crippen LogP contribution in [0.2, 0.25) is 0 Å². The third kappa shape index (κ3) is 7.37. The van der Waals surface area contributed by atoms with Gasteiger partial charge in [-0.15, -0.1) is 0 Å². The van der Waals surface area contributed by atoms with Gasteiger partial charge in [0.05, 0.1) is 28.1 Å². The van der Waals surface area contributed by atoms with Crippen LogP contribution in [0.15, 0.2) is 170 Å². The average Bonchev–Trinajstić information content (AvgIpc) is 3.85. The first-order valence-electron chi connectivity index (χ1n) is 22.4. The van der Waals surface area contributed by atoms with Crippen LogP contribution in [0.4, 0.5) is 27.1 Å². The van der Waals surface area contributed by atoms with E-state index in [0.29, 0.717) is 18.5 Å². The summed E-state index contributed by atoms with van der Waals surface area (Å²) in [6, 6.07) is 56.5. The van der Waals surface area contributed by atoms with E-state index in [9.17, 15) is 4.39 Å². The number of nitrogens with zero attached hydrogens (tertiary/aromatic N) is 4. The summed E-state index contributed by atoms with van der Waals surface area (Å²) in [5, 5.41) is 2.31. The summed E-state index contributed by atoms with van der Waals surface area (Å²) in [7, 11) is 0. The third-order valence-corrected chi connectivity index (χ3v) is 12.7. The third-order valence-electron chi connectivity index (χ3n) is 12.7. The average molecular weight is 841 g/mol. The number of rotatable bonds is 9. The maximum atomic E-state index is 14.1. The Kier molecular flexibility index (Phi) is 10.3. The summed E-state index contributed by atoms with van der Waals surface area (Å²) >= 11 is 0. The van der Waals surface area contributed by atoms with E-state index in [2.05, 4.69) is 196 Å². The van der Waals surface area contributed by atoms with Crippen molar-refractivity contribution in [1.82, 2.24) is 9.55 Å². The van der Waals surface area contributed by atoms with E-state index in [1.54, 1.807) is 0 Å². The van der Waals surface area contributed by atoms with Gasteiger partial charge in [-0.1, -0.05) is 127 Å². The van der Waals surface area contributed by atoms with Crippen LogP contribution in [-0.4, -0.2) is 16.2 Å². The van der Waals surface area contributed by atoms with E-state index >= 15 is 0 Å². The van der Waals surface area contributed by atoms with E-state index in [-0.39, 0.29) is 11.2 Å². The Bertz CT molecular complexity index is 3170. The topological polar surface area (TPSA) is 33.5 Å². The van der Waals surface area contributed by atoms with Crippen LogP contribution in [0.3, 0.4) is 0 Å². The van der Waals surface area contributed by atoms with Crippen molar-refractivity contribution in [2.45, 2.75) is 65.7 Å². The van der Waals surface area contributed by atoms with Gasteiger partial charge in [0.25, 0.3) is 0 Å². The zero-order valence-corrected chi connectivity index (χ0v) is 37.6. The largest absolute Gasteiger partial charge is 0.457 e. The van der Waals surface area contributed by atoms with Crippen molar-refractivity contribution in [1.29, 1.82) is 0 Å². The van der Waals surface area contributed by atoms with Crippen molar-refractivity contribution in [2.24, 2.45) is 0 Å². The van der Waals surface area contributed by atoms with Crippen molar-refractivity contribution >= 4 is 44.6 Å². The van der Waals surface area contributed by atoms with Crippen LogP contribution in [0, 0.1) is 5.82 Å². The van der Waals surface area contributed by atoms with Gasteiger partial charge in [-0.05, 0) is 123 Å². The van der Waals surface area contributed by atoms with Gasteiger partial charge in [0.15, 0.2) is 0 Å². The lowest BCUT2D eigenvalue weighted by molar-refractivity contribution is 0.483. The second-order valence-corrected chi connectivity index (χ2v) is 18.6. The molecule has 0 atom stereocenters. The maximum absolute atomic E-state index is 14.1. The van der Waals surface area contributed by atoms with Crippen molar-refractivity contribution in [2.75, 3.05) is 16.5 Å². The second kappa shape index (κ2) is 16.2. The highest BCUT2D eigenvalue weighted by Gasteiger charge is 2.30. The Morgan fingerprint density at radius 2 is 1.22 bits per heavy atom. The van der Waals surface area contributed by atoms with E-state index < -0.39 is 0 Å². The van der Waals surface area contributed by atoms with E-state index in [0.717, 1.165) is 73.2 Å². The van der Waals surface area contributed by atoms with Crippen LogP contribution < -0.4 is 14.5 Å². The lowest BCUT2D eigenvalue weighted by Gasteiger charge is -2.26. The first-order valence-corrected chi connectivity index (χ1v) is 22.4. The Hall–Kier alpha value is -7.18. The molecule has 5 nitrogen and oxygen atoms in total. The molecule has 1 aliphatic rings. The Balaban J connectivity index is 1.13. The first kappa shape index (κ1) is 40.9. The molecule has 0 spiro atoms. The van der Waals surface area contributed by atoms with Crippen molar-refractivity contribution < 1.29 is 9.13 Å². The molecule has 0 saturated carbocycles. The maximum Gasteiger partial charge on any atom is 0.137 e. The van der Waals surface area contributed by atoms with Gasteiger partial charge in [0, 0.05) is 40.4 Å². The van der Waals surface area contributed by atoms with Crippen molar-refractivity contribution in [3.63, 3.8) is 0 Å². The molecule has 0 amide bonds. The molecule has 64 heavy (non-hydrogen) atoms. The fourth-order valence-electron chi connectivity index (χ4n) is 9.45. The zero-order valence-electron chi connectivity index (χ0n) is 37.6. The van der Waals surface area contributed by atoms with Gasteiger partial charge in [-0.3, -0.25) is 4.57 Å². The number of anilines is 4. The van der Waals surface area contributed by atoms with Gasteiger partial charge in [0.2, 0.25) is 0 Å². The number of para-hydroxylation sites is 4. The normalized spacial score (nSPS) is 12.8. The molecule has 318 valence electrons. The standard InChI is InChI=1S/C58H53FN4O/c1-37(2)46-17-14-18-47(38(3)4)57(46)40-31-43(61-36-62(54-22-13-12-21-53(54)61)51-19-10-8-15-48(51)39-23-25-42(59)26-24-39)34-45(32-40)64-44-27-28-50-49-16-9-11-20-52(49)63(55(50)35-44)56-33-41(29-30-60-56)58(5,6)7/h8-35,37-38H,36H2,1-7H3. The van der Waals surface area contributed by atoms with Gasteiger partial charge in [-0.2, -0.15) is 0 Å². The molecule has 0 unspecified atom stereocenters. The second-order valence-electron chi connectivity index (χ2n) is 18.6. The molecule has 10 rings (SSSR count). The minimum atomic E-state index is -0.248. The summed E-state index contributed by atoms with van der Waals surface area (Å²) in [6.07, 6.45) is 1.92. The number of benzene rings is 7. The number of pyridine rings is 1. The molecule has 6 heteroatoms. The number of aromatic nitrogens is 2. The quantitative estimate of drug-likeness (QED) is 0.145. The first-order chi connectivity index (χ1) is 30.9. The molecule has 0 fully saturated rings. The minimum Gasteiger partial charge on any atom is -0.457 e.